The van der Waals surface area contributed by atoms with Gasteiger partial charge in [0.15, 0.2) is 32.2 Å². The van der Waals surface area contributed by atoms with Crippen LogP contribution in [-0.2, 0) is 45.7 Å². The first kappa shape index (κ1) is 42.7. The van der Waals surface area contributed by atoms with E-state index in [2.05, 4.69) is 32.1 Å². The molecule has 0 amide bonds. The zero-order valence-electron chi connectivity index (χ0n) is 33.1. The zero-order chi connectivity index (χ0) is 43.8. The van der Waals surface area contributed by atoms with Crippen LogP contribution in [0.1, 0.15) is 79.1 Å². The number of benzene rings is 2. The van der Waals surface area contributed by atoms with Crippen LogP contribution in [0.5, 0.6) is 23.5 Å². The fraction of sp³-hybridized carbons (Fsp3) is 0.227. The van der Waals surface area contributed by atoms with Gasteiger partial charge in [0.1, 0.15) is 35.5 Å². The molecule has 0 radical (unpaired) electrons. The number of halogens is 2. The number of aromatic nitrogens is 4. The maximum Gasteiger partial charge on any atom is 0.236 e. The Morgan fingerprint density at radius 2 is 1.03 bits per heavy atom. The van der Waals surface area contributed by atoms with E-state index in [4.69, 9.17) is 42.1 Å². The lowest BCUT2D eigenvalue weighted by Gasteiger charge is -2.19. The van der Waals surface area contributed by atoms with Gasteiger partial charge in [-0.15, -0.1) is 0 Å². The SMILES string of the molecule is CS(=O)(=O)c1cncc(COc2nc(O[C@H]3CCc4c(-c5cccc6c5CC[C@@H]6Oc5nc(OCc6cncc(S(C)(=O)=O)c6)c(C=O)cc5Cl)cccc43)c(Cl)cc2C=O)c1. The van der Waals surface area contributed by atoms with Gasteiger partial charge in [0, 0.05) is 48.4 Å². The highest BCUT2D eigenvalue weighted by molar-refractivity contribution is 7.91. The molecular formula is C44H36Cl2N4O10S2. The Morgan fingerprint density at radius 1 is 0.613 bits per heavy atom. The van der Waals surface area contributed by atoms with Gasteiger partial charge in [0.2, 0.25) is 23.5 Å². The zero-order valence-corrected chi connectivity index (χ0v) is 36.2. The van der Waals surface area contributed by atoms with Crippen molar-refractivity contribution in [3.63, 3.8) is 0 Å². The molecule has 4 heterocycles. The molecule has 18 heteroatoms. The summed E-state index contributed by atoms with van der Waals surface area (Å²) in [5.74, 6) is 0.114. The topological polar surface area (TPSA) is 191 Å². The van der Waals surface area contributed by atoms with Crippen molar-refractivity contribution >= 4 is 55.4 Å². The highest BCUT2D eigenvalue weighted by atomic mass is 35.5. The van der Waals surface area contributed by atoms with E-state index in [0.29, 0.717) is 49.4 Å². The van der Waals surface area contributed by atoms with Gasteiger partial charge in [0.25, 0.3) is 0 Å². The highest BCUT2D eigenvalue weighted by Gasteiger charge is 2.32. The van der Waals surface area contributed by atoms with Gasteiger partial charge in [0.05, 0.1) is 20.9 Å². The number of carbonyl (C=O) groups is 2. The van der Waals surface area contributed by atoms with Gasteiger partial charge in [-0.05, 0) is 83.3 Å². The first-order valence-corrected chi connectivity index (χ1v) is 23.7. The van der Waals surface area contributed by atoms with Gasteiger partial charge >= 0.3 is 0 Å². The quantitative estimate of drug-likeness (QED) is 0.0902. The normalized spacial score (nSPS) is 15.7. The summed E-state index contributed by atoms with van der Waals surface area (Å²) in [4.78, 5) is 40.9. The van der Waals surface area contributed by atoms with Crippen LogP contribution in [0, 0.1) is 0 Å². The second-order valence-electron chi connectivity index (χ2n) is 14.8. The van der Waals surface area contributed by atoms with Gasteiger partial charge < -0.3 is 18.9 Å². The minimum absolute atomic E-state index is 0.0255. The number of pyridine rings is 4. The molecule has 0 fully saturated rings. The highest BCUT2D eigenvalue weighted by Crippen LogP contribution is 2.46. The number of ether oxygens (including phenoxy) is 4. The lowest BCUT2D eigenvalue weighted by Crippen LogP contribution is -2.08. The van der Waals surface area contributed by atoms with Crippen LogP contribution in [0.2, 0.25) is 10.0 Å². The van der Waals surface area contributed by atoms with E-state index in [0.717, 1.165) is 45.9 Å². The molecule has 14 nitrogen and oxygen atoms in total. The Hall–Kier alpha value is -5.94. The molecule has 0 N–H and O–H groups in total. The third-order valence-corrected chi connectivity index (χ3v) is 13.2. The summed E-state index contributed by atoms with van der Waals surface area (Å²) < 4.78 is 72.7. The summed E-state index contributed by atoms with van der Waals surface area (Å²) in [6.45, 7) is -0.215. The van der Waals surface area contributed by atoms with Crippen LogP contribution < -0.4 is 18.9 Å². The van der Waals surface area contributed by atoms with E-state index < -0.39 is 31.9 Å². The molecule has 2 aromatic carbocycles. The Balaban J connectivity index is 1.01. The van der Waals surface area contributed by atoms with Gasteiger partial charge in [-0.3, -0.25) is 19.6 Å². The predicted octanol–water partition coefficient (Wildman–Crippen LogP) is 7.96. The van der Waals surface area contributed by atoms with E-state index in [-0.39, 0.29) is 67.7 Å². The Kier molecular flexibility index (Phi) is 12.0. The standard InChI is InChI=1S/C44H36Cl2N4O10S2/c1-61(53,54)29-13-25(17-47-19-29)23-57-41-27(21-51)15-37(45)43(49-41)59-39-11-9-33-31(5-3-7-35(33)39)32-6-4-8-36-34(32)10-12-40(36)60-44-38(46)16-28(22-52)42(50-44)58-24-26-14-30(20-48-18-26)62(2,55)56/h3-8,13-22,39-40H,9-12,23-24H2,1-2H3/t39-,40-/m0/s1. The lowest BCUT2D eigenvalue weighted by molar-refractivity contribution is 0.110. The number of fused-ring (bicyclic) bond motifs is 2. The third kappa shape index (κ3) is 9.00. The number of hydrogen-bond donors (Lipinski definition) is 0. The average Bonchev–Trinajstić information content (AvgIpc) is 3.87. The third-order valence-electron chi connectivity index (χ3n) is 10.5. The molecule has 6 aromatic rings. The lowest BCUT2D eigenvalue weighted by atomic mass is 9.91. The minimum Gasteiger partial charge on any atom is -0.472 e. The molecule has 0 bridgehead atoms. The van der Waals surface area contributed by atoms with Gasteiger partial charge in [-0.1, -0.05) is 59.6 Å². The largest absolute Gasteiger partial charge is 0.472 e. The fourth-order valence-electron chi connectivity index (χ4n) is 7.55. The number of aldehydes is 2. The van der Waals surface area contributed by atoms with E-state index in [1.54, 1.807) is 0 Å². The minimum atomic E-state index is -3.49. The molecule has 62 heavy (non-hydrogen) atoms. The molecule has 2 atom stereocenters. The second kappa shape index (κ2) is 17.4. The summed E-state index contributed by atoms with van der Waals surface area (Å²) >= 11 is 13.2. The summed E-state index contributed by atoms with van der Waals surface area (Å²) in [5, 5.41) is 0.255. The summed E-state index contributed by atoms with van der Waals surface area (Å²) in [6.07, 6.45) is 10.6. The molecule has 0 unspecified atom stereocenters. The van der Waals surface area contributed by atoms with E-state index >= 15 is 0 Å². The Morgan fingerprint density at radius 3 is 1.42 bits per heavy atom. The molecule has 4 aromatic heterocycles. The van der Waals surface area contributed by atoms with Crippen LogP contribution in [0.3, 0.4) is 0 Å². The first-order chi connectivity index (χ1) is 29.7. The Labute approximate surface area is 367 Å². The maximum absolute atomic E-state index is 12.0. The van der Waals surface area contributed by atoms with Crippen molar-refractivity contribution in [1.29, 1.82) is 0 Å². The van der Waals surface area contributed by atoms with E-state index in [1.165, 1.54) is 49.1 Å². The molecule has 8 rings (SSSR count). The number of carbonyl (C=O) groups excluding carboxylic acids is 2. The van der Waals surface area contributed by atoms with Crippen molar-refractivity contribution in [3.05, 3.63) is 140 Å². The van der Waals surface area contributed by atoms with Crippen molar-refractivity contribution in [3.8, 4) is 34.6 Å². The summed E-state index contributed by atoms with van der Waals surface area (Å²) in [7, 11) is -6.98. The second-order valence-corrected chi connectivity index (χ2v) is 19.6. The maximum atomic E-state index is 12.0. The van der Waals surface area contributed by atoms with Crippen LogP contribution in [0.15, 0.2) is 95.2 Å². The number of sulfone groups is 2. The summed E-state index contributed by atoms with van der Waals surface area (Å²) in [6, 6.07) is 17.9. The van der Waals surface area contributed by atoms with Crippen LogP contribution >= 0.6 is 23.2 Å². The Bertz CT molecular complexity index is 2790. The van der Waals surface area contributed by atoms with E-state index in [1.807, 2.05) is 24.3 Å². The van der Waals surface area contributed by atoms with Crippen LogP contribution in [-0.4, -0.2) is 61.9 Å². The molecular weight excluding hydrogens is 880 g/mol. The monoisotopic (exact) mass is 914 g/mol. The molecule has 2 aliphatic rings. The molecule has 0 spiro atoms. The van der Waals surface area contributed by atoms with Crippen molar-refractivity contribution in [2.75, 3.05) is 12.5 Å². The average molecular weight is 916 g/mol. The van der Waals surface area contributed by atoms with Gasteiger partial charge in [-0.25, -0.2) is 16.8 Å². The fourth-order valence-corrected chi connectivity index (χ4v) is 9.20. The first-order valence-electron chi connectivity index (χ1n) is 19.1. The van der Waals surface area contributed by atoms with Crippen molar-refractivity contribution in [1.82, 2.24) is 19.9 Å². The molecule has 318 valence electrons. The predicted molar refractivity (Wildman–Crippen MR) is 228 cm³/mol. The summed E-state index contributed by atoms with van der Waals surface area (Å²) in [5.41, 5.74) is 7.37. The number of nitrogens with zero attached hydrogens (tertiary/aromatic N) is 4. The molecule has 2 aliphatic carbocycles. The molecule has 0 saturated heterocycles. The number of rotatable bonds is 15. The van der Waals surface area contributed by atoms with Crippen molar-refractivity contribution < 1.29 is 45.4 Å². The smallest absolute Gasteiger partial charge is 0.236 e. The van der Waals surface area contributed by atoms with Crippen molar-refractivity contribution in [2.45, 2.75) is 60.9 Å². The van der Waals surface area contributed by atoms with Gasteiger partial charge in [-0.2, -0.15) is 9.97 Å². The van der Waals surface area contributed by atoms with E-state index in [9.17, 15) is 26.4 Å². The van der Waals surface area contributed by atoms with Crippen LogP contribution in [0.25, 0.3) is 11.1 Å². The number of hydrogen-bond acceptors (Lipinski definition) is 14. The molecule has 0 saturated carbocycles. The molecule has 0 aliphatic heterocycles. The van der Waals surface area contributed by atoms with Crippen molar-refractivity contribution in [2.24, 2.45) is 0 Å². The van der Waals surface area contributed by atoms with Crippen LogP contribution in [0.4, 0.5) is 0 Å².